The number of rotatable bonds is 14. The number of piperidine rings is 1. The van der Waals surface area contributed by atoms with Crippen LogP contribution in [0, 0.1) is 0 Å². The fourth-order valence-electron chi connectivity index (χ4n) is 6.68. The SMILES string of the molecule is COCCCn1c([C@@H]2CCCN(C(=O)C[C@@H](Cc3ccc(-c4ccc(C(=O)NCCO)cc4Cl)cc3)NC(=O)OC(C)(C)C)C2)nc2ccccc21. The lowest BCUT2D eigenvalue weighted by Gasteiger charge is -2.34. The first-order valence-electron chi connectivity index (χ1n) is 17.9. The van der Waals surface area contributed by atoms with Gasteiger partial charge in [-0.15, -0.1) is 0 Å². The Morgan fingerprint density at radius 1 is 1.08 bits per heavy atom. The zero-order valence-corrected chi connectivity index (χ0v) is 31.2. The number of benzene rings is 3. The number of nitrogens with one attached hydrogen (secondary N) is 2. The monoisotopic (exact) mass is 731 g/mol. The van der Waals surface area contributed by atoms with Crippen molar-refractivity contribution in [1.82, 2.24) is 25.1 Å². The van der Waals surface area contributed by atoms with Crippen molar-refractivity contribution in [1.29, 1.82) is 0 Å². The van der Waals surface area contributed by atoms with Crippen LogP contribution in [0.25, 0.3) is 22.2 Å². The van der Waals surface area contributed by atoms with E-state index in [1.807, 2.05) is 47.4 Å². The summed E-state index contributed by atoms with van der Waals surface area (Å²) in [5.74, 6) is 0.749. The number of aliphatic hydroxyl groups excluding tert-OH is 1. The minimum Gasteiger partial charge on any atom is -0.444 e. The molecule has 0 spiro atoms. The number of aryl methyl sites for hydroxylation is 1. The summed E-state index contributed by atoms with van der Waals surface area (Å²) < 4.78 is 13.2. The van der Waals surface area contributed by atoms with Crippen molar-refractivity contribution in [2.24, 2.45) is 0 Å². The highest BCUT2D eigenvalue weighted by molar-refractivity contribution is 6.33. The van der Waals surface area contributed by atoms with Crippen LogP contribution in [-0.4, -0.2) is 89.1 Å². The number of hydrogen-bond donors (Lipinski definition) is 3. The van der Waals surface area contributed by atoms with Gasteiger partial charge in [0.1, 0.15) is 11.4 Å². The van der Waals surface area contributed by atoms with Crippen molar-refractivity contribution in [3.63, 3.8) is 0 Å². The molecule has 12 heteroatoms. The molecular formula is C40H50ClN5O6. The molecule has 1 fully saturated rings. The highest BCUT2D eigenvalue weighted by atomic mass is 35.5. The van der Waals surface area contributed by atoms with E-state index in [2.05, 4.69) is 21.3 Å². The molecule has 1 saturated heterocycles. The number of carbonyl (C=O) groups excluding carboxylic acids is 3. The number of aliphatic hydroxyl groups is 1. The molecule has 52 heavy (non-hydrogen) atoms. The number of ether oxygens (including phenoxy) is 2. The van der Waals surface area contributed by atoms with Crippen LogP contribution in [0.2, 0.25) is 5.02 Å². The van der Waals surface area contributed by atoms with Gasteiger partial charge in [-0.05, 0) is 81.8 Å². The fourth-order valence-corrected chi connectivity index (χ4v) is 6.97. The van der Waals surface area contributed by atoms with Gasteiger partial charge in [0.25, 0.3) is 5.91 Å². The van der Waals surface area contributed by atoms with Gasteiger partial charge in [-0.25, -0.2) is 9.78 Å². The number of aromatic nitrogens is 2. The third-order valence-corrected chi connectivity index (χ3v) is 9.38. The standard InChI is InChI=1S/C40H50ClN5O6/c1-40(2,3)52-39(50)43-31(23-27-12-14-28(15-13-27)32-17-16-29(24-33(32)41)38(49)42-18-21-47)25-36(48)45-19-7-9-30(26-45)37-44-34-10-5-6-11-35(34)46(37)20-8-22-51-4/h5-6,10-17,24,30-31,47H,7-9,18-23,25-26H2,1-4H3,(H,42,49)(H,43,50)/t30-,31-/m1/s1. The smallest absolute Gasteiger partial charge is 0.407 e. The number of methoxy groups -OCH3 is 1. The van der Waals surface area contributed by atoms with Crippen molar-refractivity contribution < 1.29 is 29.0 Å². The maximum absolute atomic E-state index is 14.0. The van der Waals surface area contributed by atoms with Gasteiger partial charge in [-0.3, -0.25) is 9.59 Å². The molecule has 1 aliphatic heterocycles. The van der Waals surface area contributed by atoms with Gasteiger partial charge < -0.3 is 34.7 Å². The Morgan fingerprint density at radius 2 is 1.85 bits per heavy atom. The molecule has 3 amide bonds. The molecule has 0 saturated carbocycles. The Balaban J connectivity index is 1.30. The Hall–Kier alpha value is -4.45. The molecule has 3 N–H and O–H groups in total. The van der Waals surface area contributed by atoms with Crippen molar-refractivity contribution in [2.45, 2.75) is 77.0 Å². The van der Waals surface area contributed by atoms with Gasteiger partial charge in [-0.2, -0.15) is 0 Å². The third-order valence-electron chi connectivity index (χ3n) is 9.07. The Bertz CT molecular complexity index is 1840. The van der Waals surface area contributed by atoms with Gasteiger partial charge in [0.15, 0.2) is 0 Å². The van der Waals surface area contributed by atoms with E-state index in [4.69, 9.17) is 31.2 Å². The van der Waals surface area contributed by atoms with Crippen LogP contribution in [0.5, 0.6) is 0 Å². The summed E-state index contributed by atoms with van der Waals surface area (Å²) >= 11 is 6.57. The number of amides is 3. The Labute approximate surface area is 310 Å². The predicted molar refractivity (Wildman–Crippen MR) is 203 cm³/mol. The first kappa shape index (κ1) is 38.8. The molecule has 2 atom stereocenters. The van der Waals surface area contributed by atoms with Crippen molar-refractivity contribution in [3.8, 4) is 11.1 Å². The molecule has 1 aromatic heterocycles. The zero-order valence-electron chi connectivity index (χ0n) is 30.5. The predicted octanol–water partition coefficient (Wildman–Crippen LogP) is 6.35. The second kappa shape index (κ2) is 17.9. The van der Waals surface area contributed by atoms with Crippen LogP contribution in [0.1, 0.15) is 74.1 Å². The van der Waals surface area contributed by atoms with E-state index in [1.54, 1.807) is 46.1 Å². The summed E-state index contributed by atoms with van der Waals surface area (Å²) in [5.41, 5.74) is 4.30. The van der Waals surface area contributed by atoms with Crippen molar-refractivity contribution in [3.05, 3.63) is 88.7 Å². The van der Waals surface area contributed by atoms with E-state index >= 15 is 0 Å². The van der Waals surface area contributed by atoms with Crippen molar-refractivity contribution in [2.75, 3.05) is 40.0 Å². The Kier molecular flexibility index (Phi) is 13.3. The minimum atomic E-state index is -0.691. The minimum absolute atomic E-state index is 0.0284. The highest BCUT2D eigenvalue weighted by Crippen LogP contribution is 2.31. The average molecular weight is 732 g/mol. The summed E-state index contributed by atoms with van der Waals surface area (Å²) in [6, 6.07) is 20.5. The Morgan fingerprint density at radius 3 is 2.56 bits per heavy atom. The third kappa shape index (κ3) is 10.3. The molecule has 4 aromatic rings. The maximum atomic E-state index is 14.0. The highest BCUT2D eigenvalue weighted by Gasteiger charge is 2.30. The number of fused-ring (bicyclic) bond motifs is 1. The van der Waals surface area contributed by atoms with Crippen molar-refractivity contribution >= 4 is 40.5 Å². The maximum Gasteiger partial charge on any atom is 0.407 e. The largest absolute Gasteiger partial charge is 0.444 e. The van der Waals surface area contributed by atoms with Crippen LogP contribution in [0.4, 0.5) is 4.79 Å². The molecule has 0 bridgehead atoms. The number of hydrogen-bond acceptors (Lipinski definition) is 7. The molecule has 3 aromatic carbocycles. The van der Waals surface area contributed by atoms with E-state index in [0.29, 0.717) is 36.7 Å². The molecule has 11 nitrogen and oxygen atoms in total. The number of halogens is 1. The van der Waals surface area contributed by atoms with Gasteiger partial charge in [0.2, 0.25) is 5.91 Å². The van der Waals surface area contributed by atoms with Crippen LogP contribution >= 0.6 is 11.6 Å². The first-order chi connectivity index (χ1) is 25.0. The topological polar surface area (TPSA) is 135 Å². The first-order valence-corrected chi connectivity index (χ1v) is 18.3. The van der Waals surface area contributed by atoms with Gasteiger partial charge >= 0.3 is 6.09 Å². The summed E-state index contributed by atoms with van der Waals surface area (Å²) in [4.78, 5) is 46.2. The number of nitrogens with zero attached hydrogens (tertiary/aromatic N) is 3. The van der Waals surface area contributed by atoms with E-state index in [-0.39, 0.29) is 37.3 Å². The van der Waals surface area contributed by atoms with Crippen LogP contribution in [0.3, 0.4) is 0 Å². The van der Waals surface area contributed by atoms with Crippen LogP contribution in [0.15, 0.2) is 66.7 Å². The van der Waals surface area contributed by atoms with E-state index < -0.39 is 17.7 Å². The van der Waals surface area contributed by atoms with E-state index in [1.165, 1.54) is 0 Å². The fraction of sp³-hybridized carbons (Fsp3) is 0.450. The quantitative estimate of drug-likeness (QED) is 0.129. The van der Waals surface area contributed by atoms with E-state index in [0.717, 1.165) is 59.4 Å². The summed E-state index contributed by atoms with van der Waals surface area (Å²) in [5, 5.41) is 15.0. The van der Waals surface area contributed by atoms with Crippen LogP contribution in [-0.2, 0) is 27.2 Å². The number of imidazole rings is 1. The summed E-state index contributed by atoms with van der Waals surface area (Å²) in [6.45, 7) is 8.08. The van der Waals surface area contributed by atoms with Gasteiger partial charge in [-0.1, -0.05) is 54.1 Å². The lowest BCUT2D eigenvalue weighted by Crippen LogP contribution is -2.46. The number of para-hydroxylation sites is 2. The lowest BCUT2D eigenvalue weighted by molar-refractivity contribution is -0.133. The molecule has 0 radical (unpaired) electrons. The lowest BCUT2D eigenvalue weighted by atomic mass is 9.95. The second-order valence-electron chi connectivity index (χ2n) is 14.3. The number of alkyl carbamates (subject to hydrolysis) is 1. The second-order valence-corrected chi connectivity index (χ2v) is 14.7. The average Bonchev–Trinajstić information content (AvgIpc) is 3.48. The number of carbonyl (C=O) groups is 3. The molecule has 1 aliphatic rings. The van der Waals surface area contributed by atoms with Gasteiger partial charge in [0, 0.05) is 74.4 Å². The number of likely N-dealkylation sites (tertiary alicyclic amines) is 1. The molecule has 278 valence electrons. The normalized spacial score (nSPS) is 15.3. The molecular weight excluding hydrogens is 682 g/mol. The molecule has 5 rings (SSSR count). The van der Waals surface area contributed by atoms with Crippen LogP contribution < -0.4 is 10.6 Å². The van der Waals surface area contributed by atoms with Gasteiger partial charge in [0.05, 0.1) is 17.6 Å². The molecule has 0 aliphatic carbocycles. The summed E-state index contributed by atoms with van der Waals surface area (Å²) in [7, 11) is 1.71. The molecule has 2 heterocycles. The molecule has 0 unspecified atom stereocenters. The van der Waals surface area contributed by atoms with E-state index in [9.17, 15) is 14.4 Å². The summed E-state index contributed by atoms with van der Waals surface area (Å²) in [6.07, 6.45) is 2.62. The zero-order chi connectivity index (χ0) is 37.3.